The first-order valence-electron chi connectivity index (χ1n) is 5.29. The smallest absolute Gasteiger partial charge is 0.0522 e. The van der Waals surface area contributed by atoms with E-state index in [0.717, 1.165) is 13.0 Å². The van der Waals surface area contributed by atoms with Crippen LogP contribution in [0.15, 0.2) is 24.3 Å². The van der Waals surface area contributed by atoms with Gasteiger partial charge in [0.25, 0.3) is 0 Å². The van der Waals surface area contributed by atoms with Crippen LogP contribution in [0.5, 0.6) is 0 Å². The summed E-state index contributed by atoms with van der Waals surface area (Å²) >= 11 is 0. The first-order chi connectivity index (χ1) is 7.10. The molecule has 0 atom stereocenters. The number of rotatable bonds is 5. The Labute approximate surface area is 91.9 Å². The first kappa shape index (κ1) is 12.2. The van der Waals surface area contributed by atoms with Gasteiger partial charge in [-0.25, -0.2) is 0 Å². The predicted octanol–water partition coefficient (Wildman–Crippen LogP) is 2.15. The lowest BCUT2D eigenvalue weighted by Gasteiger charge is -2.22. The van der Waals surface area contributed by atoms with Gasteiger partial charge >= 0.3 is 0 Å². The van der Waals surface area contributed by atoms with Gasteiger partial charge in [-0.3, -0.25) is 0 Å². The zero-order valence-electron chi connectivity index (χ0n) is 9.79. The van der Waals surface area contributed by atoms with Gasteiger partial charge in [-0.05, 0) is 17.5 Å². The number of aliphatic hydroxyl groups is 1. The van der Waals surface area contributed by atoms with Crippen molar-refractivity contribution < 1.29 is 9.84 Å². The van der Waals surface area contributed by atoms with Crippen LogP contribution >= 0.6 is 0 Å². The molecule has 0 fully saturated rings. The predicted molar refractivity (Wildman–Crippen MR) is 62.1 cm³/mol. The fraction of sp³-hybridized carbons (Fsp3) is 0.538. The molecule has 0 unspecified atom stereocenters. The van der Waals surface area contributed by atoms with Crippen LogP contribution in [0.25, 0.3) is 0 Å². The molecule has 0 bridgehead atoms. The molecule has 0 saturated heterocycles. The largest absolute Gasteiger partial charge is 0.395 e. The van der Waals surface area contributed by atoms with Crippen molar-refractivity contribution in [2.45, 2.75) is 25.7 Å². The molecule has 1 aromatic rings. The fourth-order valence-electron chi connectivity index (χ4n) is 1.43. The Kier molecular flexibility index (Phi) is 4.30. The van der Waals surface area contributed by atoms with E-state index >= 15 is 0 Å². The van der Waals surface area contributed by atoms with Crippen LogP contribution < -0.4 is 0 Å². The van der Waals surface area contributed by atoms with Gasteiger partial charge in [-0.2, -0.15) is 0 Å². The van der Waals surface area contributed by atoms with E-state index in [4.69, 9.17) is 4.74 Å². The van der Waals surface area contributed by atoms with Crippen LogP contribution in [-0.4, -0.2) is 25.4 Å². The molecule has 2 heteroatoms. The zero-order valence-corrected chi connectivity index (χ0v) is 9.79. The summed E-state index contributed by atoms with van der Waals surface area (Å²) in [5, 5.41) is 9.24. The molecule has 0 radical (unpaired) electrons. The number of benzene rings is 1. The number of hydrogen-bond donors (Lipinski definition) is 1. The summed E-state index contributed by atoms with van der Waals surface area (Å²) in [6, 6.07) is 8.37. The van der Waals surface area contributed by atoms with Crippen LogP contribution in [-0.2, 0) is 16.6 Å². The Balaban J connectivity index is 2.72. The lowest BCUT2D eigenvalue weighted by Crippen LogP contribution is -2.21. The minimum Gasteiger partial charge on any atom is -0.395 e. The second kappa shape index (κ2) is 5.29. The molecule has 2 nitrogen and oxygen atoms in total. The highest BCUT2D eigenvalue weighted by Crippen LogP contribution is 2.22. The molecular weight excluding hydrogens is 188 g/mol. The van der Waals surface area contributed by atoms with Crippen molar-refractivity contribution in [1.29, 1.82) is 0 Å². The van der Waals surface area contributed by atoms with Crippen LogP contribution in [0.4, 0.5) is 0 Å². The van der Waals surface area contributed by atoms with Crippen LogP contribution in [0.3, 0.4) is 0 Å². The van der Waals surface area contributed by atoms with E-state index in [-0.39, 0.29) is 12.0 Å². The summed E-state index contributed by atoms with van der Waals surface area (Å²) in [4.78, 5) is 0. The minimum absolute atomic E-state index is 0.153. The van der Waals surface area contributed by atoms with E-state index in [1.165, 1.54) is 11.1 Å². The van der Waals surface area contributed by atoms with Crippen LogP contribution in [0.2, 0.25) is 0 Å². The Morgan fingerprint density at radius 1 is 1.20 bits per heavy atom. The molecule has 0 spiro atoms. The van der Waals surface area contributed by atoms with Gasteiger partial charge in [-0.15, -0.1) is 0 Å². The number of aliphatic hydroxyl groups excluding tert-OH is 1. The molecule has 0 aliphatic carbocycles. The SMILES string of the molecule is COCCc1ccc(C(C)(C)CO)cc1. The van der Waals surface area contributed by atoms with Crippen molar-refractivity contribution in [3.8, 4) is 0 Å². The van der Waals surface area contributed by atoms with E-state index < -0.39 is 0 Å². The Morgan fingerprint density at radius 2 is 1.80 bits per heavy atom. The van der Waals surface area contributed by atoms with Crippen molar-refractivity contribution in [3.05, 3.63) is 35.4 Å². The van der Waals surface area contributed by atoms with Crippen molar-refractivity contribution >= 4 is 0 Å². The van der Waals surface area contributed by atoms with Gasteiger partial charge in [-0.1, -0.05) is 38.1 Å². The minimum atomic E-state index is -0.153. The first-order valence-corrected chi connectivity index (χ1v) is 5.29. The Morgan fingerprint density at radius 3 is 2.27 bits per heavy atom. The lowest BCUT2D eigenvalue weighted by molar-refractivity contribution is 0.202. The van der Waals surface area contributed by atoms with E-state index in [9.17, 15) is 5.11 Å². The summed E-state index contributed by atoms with van der Waals surface area (Å²) in [5.74, 6) is 0. The van der Waals surface area contributed by atoms with E-state index in [1.54, 1.807) is 7.11 Å². The topological polar surface area (TPSA) is 29.5 Å². The summed E-state index contributed by atoms with van der Waals surface area (Å²) in [6.07, 6.45) is 0.941. The second-order valence-corrected chi connectivity index (χ2v) is 4.48. The number of ether oxygens (including phenoxy) is 1. The third-order valence-electron chi connectivity index (χ3n) is 2.73. The third-order valence-corrected chi connectivity index (χ3v) is 2.73. The highest BCUT2D eigenvalue weighted by atomic mass is 16.5. The Hall–Kier alpha value is -0.860. The van der Waals surface area contributed by atoms with Gasteiger partial charge in [0.05, 0.1) is 13.2 Å². The normalized spacial score (nSPS) is 11.7. The summed E-state index contributed by atoms with van der Waals surface area (Å²) in [5.41, 5.74) is 2.29. The standard InChI is InChI=1S/C13H20O2/c1-13(2,10-14)12-6-4-11(5-7-12)8-9-15-3/h4-7,14H,8-10H2,1-3H3. The molecule has 84 valence electrons. The van der Waals surface area contributed by atoms with Gasteiger partial charge in [0.2, 0.25) is 0 Å². The molecular formula is C13H20O2. The van der Waals surface area contributed by atoms with Gasteiger partial charge < -0.3 is 9.84 Å². The molecule has 0 aliphatic rings. The summed E-state index contributed by atoms with van der Waals surface area (Å²) in [6.45, 7) is 5.00. The summed E-state index contributed by atoms with van der Waals surface area (Å²) in [7, 11) is 1.71. The molecule has 1 aromatic carbocycles. The van der Waals surface area contributed by atoms with Crippen LogP contribution in [0.1, 0.15) is 25.0 Å². The summed E-state index contributed by atoms with van der Waals surface area (Å²) < 4.78 is 5.02. The molecule has 1 rings (SSSR count). The maximum atomic E-state index is 9.24. The molecule has 15 heavy (non-hydrogen) atoms. The van der Waals surface area contributed by atoms with Crippen LogP contribution in [0, 0.1) is 0 Å². The highest BCUT2D eigenvalue weighted by Gasteiger charge is 2.18. The quantitative estimate of drug-likeness (QED) is 0.803. The maximum Gasteiger partial charge on any atom is 0.0522 e. The molecule has 0 aliphatic heterocycles. The zero-order chi connectivity index (χ0) is 11.3. The highest BCUT2D eigenvalue weighted by molar-refractivity contribution is 5.28. The van der Waals surface area contributed by atoms with Gasteiger partial charge in [0.1, 0.15) is 0 Å². The van der Waals surface area contributed by atoms with Crippen molar-refractivity contribution in [1.82, 2.24) is 0 Å². The Bertz CT molecular complexity index is 288. The molecule has 0 amide bonds. The molecule has 0 aromatic heterocycles. The lowest BCUT2D eigenvalue weighted by atomic mass is 9.85. The van der Waals surface area contributed by atoms with Gasteiger partial charge in [0.15, 0.2) is 0 Å². The molecule has 0 heterocycles. The van der Waals surface area contributed by atoms with E-state index in [2.05, 4.69) is 24.3 Å². The van der Waals surface area contributed by atoms with E-state index in [0.29, 0.717) is 0 Å². The van der Waals surface area contributed by atoms with E-state index in [1.807, 2.05) is 13.8 Å². The monoisotopic (exact) mass is 208 g/mol. The average Bonchev–Trinajstić information content (AvgIpc) is 2.27. The van der Waals surface area contributed by atoms with Gasteiger partial charge in [0, 0.05) is 12.5 Å². The molecule has 1 N–H and O–H groups in total. The third kappa shape index (κ3) is 3.33. The fourth-order valence-corrected chi connectivity index (χ4v) is 1.43. The van der Waals surface area contributed by atoms with Crippen molar-refractivity contribution in [3.63, 3.8) is 0 Å². The number of hydrogen-bond acceptors (Lipinski definition) is 2. The molecule has 0 saturated carbocycles. The van der Waals surface area contributed by atoms with Crippen molar-refractivity contribution in [2.24, 2.45) is 0 Å². The second-order valence-electron chi connectivity index (χ2n) is 4.48. The van der Waals surface area contributed by atoms with Crippen molar-refractivity contribution in [2.75, 3.05) is 20.3 Å². The maximum absolute atomic E-state index is 9.24. The number of methoxy groups -OCH3 is 1. The average molecular weight is 208 g/mol.